The van der Waals surface area contributed by atoms with Crippen molar-refractivity contribution in [1.29, 1.82) is 0 Å². The van der Waals surface area contributed by atoms with Gasteiger partial charge in [-0.2, -0.15) is 0 Å². The molecule has 4 aromatic rings. The molecule has 0 spiro atoms. The molecule has 0 N–H and O–H groups in total. The van der Waals surface area contributed by atoms with Crippen molar-refractivity contribution < 1.29 is 0 Å². The van der Waals surface area contributed by atoms with Crippen LogP contribution in [0.25, 0.3) is 22.4 Å². The molecule has 2 aliphatic carbocycles. The second-order valence-electron chi connectivity index (χ2n) is 7.75. The Kier molecular flexibility index (Phi) is 3.48. The average molecular weight is 367 g/mol. The first-order valence-electron chi connectivity index (χ1n) is 10.0. The molecular weight excluding hydrogens is 348 g/mol. The molecule has 0 unspecified atom stereocenters. The van der Waals surface area contributed by atoms with Gasteiger partial charge < -0.3 is 0 Å². The summed E-state index contributed by atoms with van der Waals surface area (Å²) in [7, 11) is 0. The van der Waals surface area contributed by atoms with Gasteiger partial charge in [0.2, 0.25) is 0 Å². The Morgan fingerprint density at radius 2 is 1.41 bits per heavy atom. The topological polar surface area (TPSA) is 0 Å². The molecule has 0 fully saturated rings. The van der Waals surface area contributed by atoms with Crippen LogP contribution in [0.4, 0.5) is 0 Å². The Balaban J connectivity index is 1.66. The maximum Gasteiger partial charge on any atom is 0.0574 e. The normalized spacial score (nSPS) is 16.1. The number of hydrogen-bond donors (Lipinski definition) is 0. The lowest BCUT2D eigenvalue weighted by Gasteiger charge is -2.32. The maximum absolute atomic E-state index is 3.36. The highest BCUT2D eigenvalue weighted by Gasteiger charge is 2.33. The molecule has 0 heteroatoms. The van der Waals surface area contributed by atoms with Crippen molar-refractivity contribution in [2.24, 2.45) is 0 Å². The summed E-state index contributed by atoms with van der Waals surface area (Å²) in [5.41, 5.74) is 4.93. The Morgan fingerprint density at radius 1 is 0.690 bits per heavy atom. The molecule has 1 radical (unpaired) electrons. The molecule has 0 atom stereocenters. The fourth-order valence-electron chi connectivity index (χ4n) is 4.77. The van der Waals surface area contributed by atoms with Gasteiger partial charge in [-0.1, -0.05) is 109 Å². The highest BCUT2D eigenvalue weighted by atomic mass is 14.3. The first kappa shape index (κ1) is 16.3. The zero-order chi connectivity index (χ0) is 19.3. The smallest absolute Gasteiger partial charge is 0.0574 e. The van der Waals surface area contributed by atoms with E-state index in [0.29, 0.717) is 0 Å². The van der Waals surface area contributed by atoms with Gasteiger partial charge in [0.25, 0.3) is 0 Å². The summed E-state index contributed by atoms with van der Waals surface area (Å²) in [5, 5.41) is 5.06. The molecule has 0 saturated carbocycles. The summed E-state index contributed by atoms with van der Waals surface area (Å²) in [6, 6.07) is 35.6. The van der Waals surface area contributed by atoms with Gasteiger partial charge in [0.05, 0.1) is 5.41 Å². The van der Waals surface area contributed by atoms with E-state index in [1.807, 2.05) is 6.07 Å². The van der Waals surface area contributed by atoms with Crippen molar-refractivity contribution in [2.75, 3.05) is 0 Å². The molecule has 4 aromatic carbocycles. The lowest BCUT2D eigenvalue weighted by molar-refractivity contribution is 0.808. The SMILES string of the molecule is [c]1cccc2c3c(ccc12)=C1C=CC(c2ccccc2)(c2ccccc2)C=C1C=3. The van der Waals surface area contributed by atoms with E-state index in [1.165, 1.54) is 43.5 Å². The van der Waals surface area contributed by atoms with Crippen LogP contribution in [-0.2, 0) is 5.41 Å². The zero-order valence-corrected chi connectivity index (χ0v) is 16.0. The minimum atomic E-state index is -0.262. The Bertz CT molecular complexity index is 1380. The van der Waals surface area contributed by atoms with E-state index in [9.17, 15) is 0 Å². The minimum absolute atomic E-state index is 0.262. The third kappa shape index (κ3) is 2.39. The molecule has 29 heavy (non-hydrogen) atoms. The highest BCUT2D eigenvalue weighted by molar-refractivity contribution is 5.95. The van der Waals surface area contributed by atoms with E-state index in [-0.39, 0.29) is 5.41 Å². The van der Waals surface area contributed by atoms with Crippen molar-refractivity contribution in [3.8, 4) is 0 Å². The lowest BCUT2D eigenvalue weighted by Crippen LogP contribution is -2.26. The van der Waals surface area contributed by atoms with Crippen molar-refractivity contribution in [2.45, 2.75) is 5.41 Å². The Hall–Kier alpha value is -3.64. The minimum Gasteiger partial charge on any atom is -0.0651 e. The summed E-state index contributed by atoms with van der Waals surface area (Å²) < 4.78 is 0. The van der Waals surface area contributed by atoms with Gasteiger partial charge in [-0.15, -0.1) is 0 Å². The predicted octanol–water partition coefficient (Wildman–Crippen LogP) is 5.07. The van der Waals surface area contributed by atoms with E-state index >= 15 is 0 Å². The van der Waals surface area contributed by atoms with Crippen LogP contribution in [0, 0.1) is 6.07 Å². The van der Waals surface area contributed by atoms with Gasteiger partial charge in [0.15, 0.2) is 0 Å². The van der Waals surface area contributed by atoms with Gasteiger partial charge in [-0.25, -0.2) is 0 Å². The lowest BCUT2D eigenvalue weighted by atomic mass is 9.70. The molecule has 0 bridgehead atoms. The summed E-state index contributed by atoms with van der Waals surface area (Å²) in [6.45, 7) is 0. The number of rotatable bonds is 2. The second-order valence-corrected chi connectivity index (χ2v) is 7.75. The molecule has 0 saturated heterocycles. The van der Waals surface area contributed by atoms with Crippen LogP contribution in [0.2, 0.25) is 0 Å². The molecule has 135 valence electrons. The van der Waals surface area contributed by atoms with Crippen LogP contribution < -0.4 is 10.4 Å². The van der Waals surface area contributed by atoms with Crippen molar-refractivity contribution in [1.82, 2.24) is 0 Å². The van der Waals surface area contributed by atoms with Crippen LogP contribution >= 0.6 is 0 Å². The van der Waals surface area contributed by atoms with Gasteiger partial charge in [0, 0.05) is 0 Å². The number of hydrogen-bond acceptors (Lipinski definition) is 0. The molecule has 0 amide bonds. The van der Waals surface area contributed by atoms with Gasteiger partial charge in [-0.3, -0.25) is 0 Å². The number of fused-ring (bicyclic) bond motifs is 4. The Morgan fingerprint density at radius 3 is 2.14 bits per heavy atom. The van der Waals surface area contributed by atoms with Gasteiger partial charge in [0.1, 0.15) is 0 Å². The van der Waals surface area contributed by atoms with Crippen LogP contribution in [0.1, 0.15) is 11.1 Å². The molecule has 6 rings (SSSR count). The average Bonchev–Trinajstić information content (AvgIpc) is 3.18. The standard InChI is InChI=1S/C29H19/c1-3-10-23(11-4-1)29(24-12-5-2-6-13-24)18-17-26-22(20-29)19-28-25-14-8-7-9-21(25)15-16-27(26)28/h1-8,10-20H. The molecule has 0 nitrogen and oxygen atoms in total. The first-order chi connectivity index (χ1) is 14.4. The highest BCUT2D eigenvalue weighted by Crippen LogP contribution is 2.41. The third-order valence-electron chi connectivity index (χ3n) is 6.19. The molecule has 0 heterocycles. The van der Waals surface area contributed by atoms with Crippen LogP contribution in [-0.4, -0.2) is 0 Å². The van der Waals surface area contributed by atoms with Crippen molar-refractivity contribution in [3.63, 3.8) is 0 Å². The summed E-state index contributed by atoms with van der Waals surface area (Å²) in [6.07, 6.45) is 9.47. The van der Waals surface area contributed by atoms with Crippen LogP contribution in [0.15, 0.2) is 115 Å². The second kappa shape index (κ2) is 6.18. The van der Waals surface area contributed by atoms with Gasteiger partial charge >= 0.3 is 0 Å². The maximum atomic E-state index is 3.36. The van der Waals surface area contributed by atoms with Gasteiger partial charge in [-0.05, 0) is 55.6 Å². The fourth-order valence-corrected chi connectivity index (χ4v) is 4.77. The van der Waals surface area contributed by atoms with E-state index in [4.69, 9.17) is 0 Å². The number of benzene rings is 4. The Labute approximate surface area is 170 Å². The molecule has 0 aliphatic heterocycles. The molecule has 2 aliphatic rings. The molecule has 0 aromatic heterocycles. The van der Waals surface area contributed by atoms with E-state index in [1.54, 1.807) is 0 Å². The third-order valence-corrected chi connectivity index (χ3v) is 6.19. The first-order valence-corrected chi connectivity index (χ1v) is 10.0. The van der Waals surface area contributed by atoms with Crippen LogP contribution in [0.5, 0.6) is 0 Å². The predicted molar refractivity (Wildman–Crippen MR) is 121 cm³/mol. The quantitative estimate of drug-likeness (QED) is 0.464. The van der Waals surface area contributed by atoms with E-state index in [2.05, 4.69) is 115 Å². The summed E-state index contributed by atoms with van der Waals surface area (Å²) in [5.74, 6) is 0. The van der Waals surface area contributed by atoms with Crippen LogP contribution in [0.3, 0.4) is 0 Å². The number of allylic oxidation sites excluding steroid dienone is 4. The van der Waals surface area contributed by atoms with E-state index in [0.717, 1.165) is 0 Å². The summed E-state index contributed by atoms with van der Waals surface area (Å²) >= 11 is 0. The van der Waals surface area contributed by atoms with Crippen molar-refractivity contribution >= 4 is 22.4 Å². The monoisotopic (exact) mass is 367 g/mol. The summed E-state index contributed by atoms with van der Waals surface area (Å²) in [4.78, 5) is 0. The fraction of sp³-hybridized carbons (Fsp3) is 0.0345. The largest absolute Gasteiger partial charge is 0.0651 e. The molecular formula is C29H19. The zero-order valence-electron chi connectivity index (χ0n) is 16.0. The van der Waals surface area contributed by atoms with Crippen molar-refractivity contribution in [3.05, 3.63) is 142 Å². The van der Waals surface area contributed by atoms with E-state index < -0.39 is 0 Å².